The van der Waals surface area contributed by atoms with Crippen LogP contribution in [0.2, 0.25) is 0 Å². The lowest BCUT2D eigenvalue weighted by Gasteiger charge is -2.35. The number of sulfonamides is 1. The molecule has 3 rings (SSSR count). The molecule has 1 aromatic rings. The Morgan fingerprint density at radius 2 is 2.12 bits per heavy atom. The highest BCUT2D eigenvalue weighted by Crippen LogP contribution is 2.37. The molecule has 10 heteroatoms. The van der Waals surface area contributed by atoms with Gasteiger partial charge in [-0.3, -0.25) is 9.48 Å². The molecule has 0 spiro atoms. The molecule has 1 aromatic heterocycles. The summed E-state index contributed by atoms with van der Waals surface area (Å²) in [6.45, 7) is 1.99. The molecule has 134 valence electrons. The first-order valence-electron chi connectivity index (χ1n) is 7.75. The molecular formula is C15H19N5O4S. The van der Waals surface area contributed by atoms with E-state index in [1.807, 2.05) is 24.9 Å². The highest BCUT2D eigenvalue weighted by Gasteiger charge is 2.41. The first-order chi connectivity index (χ1) is 11.7. The number of aromatic nitrogens is 2. The van der Waals surface area contributed by atoms with Crippen molar-refractivity contribution < 1.29 is 18.0 Å². The molecule has 0 radical (unpaired) electrons. The highest BCUT2D eigenvalue weighted by molar-refractivity contribution is 7.88. The smallest absolute Gasteiger partial charge is 0.309 e. The number of amides is 3. The van der Waals surface area contributed by atoms with Crippen molar-refractivity contribution in [2.45, 2.75) is 19.8 Å². The molecule has 1 fully saturated rings. The number of rotatable bonds is 4. The number of nitrogens with one attached hydrogen (secondary N) is 2. The number of hydrogen-bond donors (Lipinski definition) is 2. The molecule has 9 nitrogen and oxygen atoms in total. The highest BCUT2D eigenvalue weighted by atomic mass is 32.2. The zero-order valence-corrected chi connectivity index (χ0v) is 14.9. The Hall–Kier alpha value is -2.46. The van der Waals surface area contributed by atoms with Gasteiger partial charge in [-0.25, -0.2) is 13.2 Å². The van der Waals surface area contributed by atoms with Crippen LogP contribution >= 0.6 is 0 Å². The summed E-state index contributed by atoms with van der Waals surface area (Å²) in [5.41, 5.74) is 3.34. The van der Waals surface area contributed by atoms with Gasteiger partial charge in [-0.05, 0) is 36.1 Å². The summed E-state index contributed by atoms with van der Waals surface area (Å²) in [6, 6.07) is 1.06. The van der Waals surface area contributed by atoms with Gasteiger partial charge in [0.15, 0.2) is 0 Å². The Balaban J connectivity index is 2.00. The van der Waals surface area contributed by atoms with E-state index in [2.05, 4.69) is 10.4 Å². The number of carbonyl (C=O) groups excluding carboxylic acids is 2. The van der Waals surface area contributed by atoms with Gasteiger partial charge in [0, 0.05) is 18.9 Å². The molecule has 1 aliphatic carbocycles. The summed E-state index contributed by atoms with van der Waals surface area (Å²) in [5.74, 6) is -1.26. The summed E-state index contributed by atoms with van der Waals surface area (Å²) in [4.78, 5) is 26.7. The maximum Gasteiger partial charge on any atom is 0.344 e. The van der Waals surface area contributed by atoms with Crippen LogP contribution in [0.1, 0.15) is 25.5 Å². The van der Waals surface area contributed by atoms with E-state index in [0.717, 1.165) is 29.5 Å². The Kier molecular flexibility index (Phi) is 4.25. The van der Waals surface area contributed by atoms with Gasteiger partial charge >= 0.3 is 6.03 Å². The Morgan fingerprint density at radius 3 is 2.68 bits per heavy atom. The van der Waals surface area contributed by atoms with Gasteiger partial charge in [0.25, 0.3) is 5.91 Å². The molecule has 1 unspecified atom stereocenters. The minimum atomic E-state index is -3.76. The van der Waals surface area contributed by atoms with E-state index < -0.39 is 27.9 Å². The third-order valence-corrected chi connectivity index (χ3v) is 4.76. The van der Waals surface area contributed by atoms with Crippen LogP contribution in [0.5, 0.6) is 0 Å². The molecule has 0 aromatic carbocycles. The number of fused-ring (bicyclic) bond motifs is 1. The Labute approximate surface area is 145 Å². The van der Waals surface area contributed by atoms with Crippen LogP contribution in [0.25, 0.3) is 5.57 Å². The number of allylic oxidation sites excluding steroid dienone is 3. The normalized spacial score (nSPS) is 21.2. The summed E-state index contributed by atoms with van der Waals surface area (Å²) in [7, 11) is -1.94. The lowest BCUT2D eigenvalue weighted by atomic mass is 9.83. The van der Waals surface area contributed by atoms with Gasteiger partial charge in [-0.2, -0.15) is 10.1 Å². The van der Waals surface area contributed by atoms with Gasteiger partial charge in [-0.15, -0.1) is 4.83 Å². The maximum absolute atomic E-state index is 12.7. The predicted octanol–water partition coefficient (Wildman–Crippen LogP) is 0.503. The minimum Gasteiger partial charge on any atom is -0.309 e. The predicted molar refractivity (Wildman–Crippen MR) is 90.0 cm³/mol. The standard InChI is InChI=1S/C15H19N5O4S/c1-4-9-7-12-11(8-10(9)13-5-6-16-19(13)2)14(21)20(15(22)17-12)18-25(3,23)24/h5-7,11,18H,4,8H2,1-3H3,(H,17,22). The minimum absolute atomic E-state index is 0.357. The average Bonchev–Trinajstić information content (AvgIpc) is 2.95. The third kappa shape index (κ3) is 3.22. The van der Waals surface area contributed by atoms with E-state index >= 15 is 0 Å². The first kappa shape index (κ1) is 17.4. The third-order valence-electron chi connectivity index (χ3n) is 4.24. The fourth-order valence-electron chi connectivity index (χ4n) is 3.11. The number of aryl methyl sites for hydroxylation is 1. The van der Waals surface area contributed by atoms with Gasteiger partial charge in [0.1, 0.15) is 0 Å². The molecule has 2 N–H and O–H groups in total. The van der Waals surface area contributed by atoms with Gasteiger partial charge in [0.05, 0.1) is 17.9 Å². The SMILES string of the molecule is CCC1=C(c2ccnn2C)CC2C(=O)N(NS(C)(=O)=O)C(=O)NC2=C1. The largest absolute Gasteiger partial charge is 0.344 e. The van der Waals surface area contributed by atoms with E-state index in [0.29, 0.717) is 17.1 Å². The Bertz CT molecular complexity index is 912. The number of nitrogens with zero attached hydrogens (tertiary/aromatic N) is 3. The molecule has 3 amide bonds. The molecule has 0 bridgehead atoms. The van der Waals surface area contributed by atoms with Gasteiger partial charge < -0.3 is 5.32 Å². The molecule has 2 heterocycles. The zero-order chi connectivity index (χ0) is 18.4. The van der Waals surface area contributed by atoms with Crippen LogP contribution in [0.4, 0.5) is 4.79 Å². The van der Waals surface area contributed by atoms with Crippen molar-refractivity contribution in [2.75, 3.05) is 6.26 Å². The zero-order valence-electron chi connectivity index (χ0n) is 14.1. The van der Waals surface area contributed by atoms with Crippen LogP contribution in [0.3, 0.4) is 0 Å². The van der Waals surface area contributed by atoms with Crippen LogP contribution in [0, 0.1) is 5.92 Å². The average molecular weight is 365 g/mol. The maximum atomic E-state index is 12.7. The fraction of sp³-hybridized carbons (Fsp3) is 0.400. The number of hydrogen-bond acceptors (Lipinski definition) is 5. The number of hydrazine groups is 1. The number of urea groups is 1. The van der Waals surface area contributed by atoms with Crippen molar-refractivity contribution in [3.8, 4) is 0 Å². The van der Waals surface area contributed by atoms with E-state index in [4.69, 9.17) is 0 Å². The second kappa shape index (κ2) is 6.12. The van der Waals surface area contributed by atoms with Crippen LogP contribution in [0.15, 0.2) is 29.6 Å². The second-order valence-electron chi connectivity index (χ2n) is 6.02. The van der Waals surface area contributed by atoms with Crippen molar-refractivity contribution in [1.29, 1.82) is 0 Å². The number of imide groups is 1. The van der Waals surface area contributed by atoms with E-state index in [9.17, 15) is 18.0 Å². The lowest BCUT2D eigenvalue weighted by molar-refractivity contribution is -0.133. The fourth-order valence-corrected chi connectivity index (χ4v) is 3.61. The quantitative estimate of drug-likeness (QED) is 0.807. The van der Waals surface area contributed by atoms with Crippen molar-refractivity contribution in [1.82, 2.24) is 24.9 Å². The molecule has 25 heavy (non-hydrogen) atoms. The van der Waals surface area contributed by atoms with Gasteiger partial charge in [0.2, 0.25) is 10.0 Å². The van der Waals surface area contributed by atoms with Crippen LogP contribution < -0.4 is 10.1 Å². The van der Waals surface area contributed by atoms with Crippen molar-refractivity contribution >= 4 is 27.5 Å². The van der Waals surface area contributed by atoms with Crippen molar-refractivity contribution in [2.24, 2.45) is 13.0 Å². The van der Waals surface area contributed by atoms with Crippen molar-refractivity contribution in [3.05, 3.63) is 35.3 Å². The summed E-state index contributed by atoms with van der Waals surface area (Å²) in [5, 5.41) is 7.30. The second-order valence-corrected chi connectivity index (χ2v) is 7.75. The van der Waals surface area contributed by atoms with Crippen molar-refractivity contribution in [3.63, 3.8) is 0 Å². The summed E-state index contributed by atoms with van der Waals surface area (Å²) < 4.78 is 24.6. The summed E-state index contributed by atoms with van der Waals surface area (Å²) >= 11 is 0. The van der Waals surface area contributed by atoms with Crippen LogP contribution in [-0.2, 0) is 21.9 Å². The van der Waals surface area contributed by atoms with E-state index in [-0.39, 0.29) is 0 Å². The van der Waals surface area contributed by atoms with E-state index in [1.54, 1.807) is 17.0 Å². The topological polar surface area (TPSA) is 113 Å². The van der Waals surface area contributed by atoms with Gasteiger partial charge in [-0.1, -0.05) is 6.92 Å². The first-order valence-corrected chi connectivity index (χ1v) is 9.64. The van der Waals surface area contributed by atoms with Crippen LogP contribution in [-0.4, -0.2) is 41.4 Å². The Morgan fingerprint density at radius 1 is 1.40 bits per heavy atom. The van der Waals surface area contributed by atoms with E-state index in [1.165, 1.54) is 0 Å². The molecule has 1 aliphatic heterocycles. The molecular weight excluding hydrogens is 346 g/mol. The lowest BCUT2D eigenvalue weighted by Crippen LogP contribution is -2.60. The number of carbonyl (C=O) groups is 2. The molecule has 0 saturated carbocycles. The monoisotopic (exact) mass is 365 g/mol. The molecule has 1 saturated heterocycles. The summed E-state index contributed by atoms with van der Waals surface area (Å²) in [6.07, 6.45) is 5.44. The molecule has 2 aliphatic rings. The molecule has 1 atom stereocenters.